The molecule has 0 aromatic carbocycles. The SMILES string of the molecule is Cc1sc(C)c(C(N)C(=O)O)c1Br. The second-order valence-corrected chi connectivity index (χ2v) is 4.98. The van der Waals surface area contributed by atoms with Crippen LogP contribution in [-0.4, -0.2) is 11.1 Å². The number of rotatable bonds is 2. The molecule has 1 heterocycles. The van der Waals surface area contributed by atoms with Crippen LogP contribution in [0.5, 0.6) is 0 Å². The van der Waals surface area contributed by atoms with E-state index in [0.29, 0.717) is 5.56 Å². The average Bonchev–Trinajstić information content (AvgIpc) is 2.26. The molecule has 1 atom stereocenters. The lowest BCUT2D eigenvalue weighted by molar-refractivity contribution is -0.138. The van der Waals surface area contributed by atoms with Crippen molar-refractivity contribution in [2.75, 3.05) is 0 Å². The molecule has 13 heavy (non-hydrogen) atoms. The highest BCUT2D eigenvalue weighted by molar-refractivity contribution is 9.10. The monoisotopic (exact) mass is 263 g/mol. The zero-order valence-electron chi connectivity index (χ0n) is 7.30. The van der Waals surface area contributed by atoms with Gasteiger partial charge < -0.3 is 10.8 Å². The van der Waals surface area contributed by atoms with Gasteiger partial charge in [0.25, 0.3) is 0 Å². The first-order chi connectivity index (χ1) is 5.95. The van der Waals surface area contributed by atoms with E-state index in [4.69, 9.17) is 10.8 Å². The lowest BCUT2D eigenvalue weighted by atomic mass is 10.1. The summed E-state index contributed by atoms with van der Waals surface area (Å²) in [5.41, 5.74) is 6.22. The topological polar surface area (TPSA) is 63.3 Å². The fourth-order valence-electron chi connectivity index (χ4n) is 1.15. The molecule has 0 bridgehead atoms. The van der Waals surface area contributed by atoms with Gasteiger partial charge in [-0.3, -0.25) is 4.79 Å². The van der Waals surface area contributed by atoms with Crippen LogP contribution in [0.3, 0.4) is 0 Å². The summed E-state index contributed by atoms with van der Waals surface area (Å²) in [5, 5.41) is 8.75. The van der Waals surface area contributed by atoms with Gasteiger partial charge in [-0.1, -0.05) is 0 Å². The molecule has 0 radical (unpaired) electrons. The molecule has 0 spiro atoms. The lowest BCUT2D eigenvalue weighted by Gasteiger charge is -2.06. The summed E-state index contributed by atoms with van der Waals surface area (Å²) in [6, 6.07) is -0.931. The number of hydrogen-bond acceptors (Lipinski definition) is 3. The number of nitrogens with two attached hydrogens (primary N) is 1. The number of hydrogen-bond donors (Lipinski definition) is 2. The summed E-state index contributed by atoms with van der Waals surface area (Å²) in [6.45, 7) is 3.81. The molecule has 5 heteroatoms. The van der Waals surface area contributed by atoms with Crippen LogP contribution in [0.4, 0.5) is 0 Å². The molecule has 0 saturated carbocycles. The zero-order chi connectivity index (χ0) is 10.2. The van der Waals surface area contributed by atoms with Crippen LogP contribution in [0.15, 0.2) is 4.47 Å². The van der Waals surface area contributed by atoms with Gasteiger partial charge >= 0.3 is 5.97 Å². The molecule has 3 N–H and O–H groups in total. The van der Waals surface area contributed by atoms with Gasteiger partial charge in [-0.25, -0.2) is 0 Å². The van der Waals surface area contributed by atoms with E-state index < -0.39 is 12.0 Å². The third-order valence-electron chi connectivity index (χ3n) is 1.81. The Kier molecular flexibility index (Phi) is 3.10. The van der Waals surface area contributed by atoms with Crippen molar-refractivity contribution in [3.05, 3.63) is 19.8 Å². The first-order valence-corrected chi connectivity index (χ1v) is 5.30. The number of thiophene rings is 1. The molecular formula is C8H10BrNO2S. The Hall–Kier alpha value is -0.390. The van der Waals surface area contributed by atoms with Crippen LogP contribution < -0.4 is 5.73 Å². The van der Waals surface area contributed by atoms with Gasteiger partial charge in [0.05, 0.1) is 0 Å². The summed E-state index contributed by atoms with van der Waals surface area (Å²) in [4.78, 5) is 12.7. The summed E-state index contributed by atoms with van der Waals surface area (Å²) in [6.07, 6.45) is 0. The molecule has 0 fully saturated rings. The quantitative estimate of drug-likeness (QED) is 0.860. The Balaban J connectivity index is 3.20. The van der Waals surface area contributed by atoms with Crippen LogP contribution in [-0.2, 0) is 4.79 Å². The molecule has 72 valence electrons. The fraction of sp³-hybridized carbons (Fsp3) is 0.375. The van der Waals surface area contributed by atoms with Crippen LogP contribution in [0, 0.1) is 13.8 Å². The minimum atomic E-state index is -0.999. The third kappa shape index (κ3) is 1.92. The molecule has 1 aromatic heterocycles. The standard InChI is InChI=1S/C8H10BrNO2S/c1-3-5(7(10)8(11)12)6(9)4(2)13-3/h7H,10H2,1-2H3,(H,11,12). The maximum absolute atomic E-state index is 10.7. The van der Waals surface area contributed by atoms with Crippen molar-refractivity contribution >= 4 is 33.2 Å². The molecule has 0 aliphatic heterocycles. The predicted octanol–water partition coefficient (Wildman–Crippen LogP) is 2.21. The summed E-state index contributed by atoms with van der Waals surface area (Å²) in [7, 11) is 0. The minimum Gasteiger partial charge on any atom is -0.480 e. The van der Waals surface area contributed by atoms with Crippen LogP contribution >= 0.6 is 27.3 Å². The number of aliphatic carboxylic acids is 1. The second-order valence-electron chi connectivity index (χ2n) is 2.76. The zero-order valence-corrected chi connectivity index (χ0v) is 9.70. The number of carboxylic acids is 1. The minimum absolute atomic E-state index is 0.690. The second kappa shape index (κ2) is 3.77. The van der Waals surface area contributed by atoms with Crippen molar-refractivity contribution in [2.45, 2.75) is 19.9 Å². The van der Waals surface area contributed by atoms with Gasteiger partial charge in [-0.2, -0.15) is 0 Å². The average molecular weight is 264 g/mol. The van der Waals surface area contributed by atoms with Gasteiger partial charge in [0.2, 0.25) is 0 Å². The highest BCUT2D eigenvalue weighted by Gasteiger charge is 2.22. The van der Waals surface area contributed by atoms with Crippen molar-refractivity contribution in [1.82, 2.24) is 0 Å². The van der Waals surface area contributed by atoms with E-state index in [9.17, 15) is 4.79 Å². The van der Waals surface area contributed by atoms with Crippen molar-refractivity contribution in [1.29, 1.82) is 0 Å². The maximum Gasteiger partial charge on any atom is 0.325 e. The number of aryl methyl sites for hydroxylation is 2. The Morgan fingerprint density at radius 2 is 2.08 bits per heavy atom. The number of carboxylic acid groups (broad SMARTS) is 1. The van der Waals surface area contributed by atoms with Crippen molar-refractivity contribution in [2.24, 2.45) is 5.73 Å². The molecule has 1 aromatic rings. The highest BCUT2D eigenvalue weighted by atomic mass is 79.9. The molecule has 0 aliphatic carbocycles. The molecular weight excluding hydrogens is 254 g/mol. The Morgan fingerprint density at radius 1 is 1.54 bits per heavy atom. The summed E-state index contributed by atoms with van der Waals surface area (Å²) >= 11 is 4.89. The fourth-order valence-corrected chi connectivity index (χ4v) is 3.07. The van der Waals surface area contributed by atoms with Crippen LogP contribution in [0.1, 0.15) is 21.4 Å². The lowest BCUT2D eigenvalue weighted by Crippen LogP contribution is -2.21. The van der Waals surface area contributed by atoms with E-state index in [2.05, 4.69) is 15.9 Å². The maximum atomic E-state index is 10.7. The van der Waals surface area contributed by atoms with E-state index in [-0.39, 0.29) is 0 Å². The van der Waals surface area contributed by atoms with E-state index in [1.165, 1.54) is 0 Å². The molecule has 0 saturated heterocycles. The smallest absolute Gasteiger partial charge is 0.325 e. The number of halogens is 1. The Morgan fingerprint density at radius 3 is 2.38 bits per heavy atom. The third-order valence-corrected chi connectivity index (χ3v) is 4.13. The Bertz CT molecular complexity index is 348. The van der Waals surface area contributed by atoms with E-state index in [1.54, 1.807) is 11.3 Å². The summed E-state index contributed by atoms with van der Waals surface area (Å²) in [5.74, 6) is -0.999. The first kappa shape index (κ1) is 10.7. The Labute approximate surface area is 88.7 Å². The summed E-state index contributed by atoms with van der Waals surface area (Å²) < 4.78 is 0.824. The molecule has 3 nitrogen and oxygen atoms in total. The van der Waals surface area contributed by atoms with Crippen molar-refractivity contribution in [3.8, 4) is 0 Å². The molecule has 0 amide bonds. The molecule has 1 rings (SSSR count). The van der Waals surface area contributed by atoms with Gasteiger partial charge in [0.15, 0.2) is 0 Å². The van der Waals surface area contributed by atoms with Crippen LogP contribution in [0.25, 0.3) is 0 Å². The van der Waals surface area contributed by atoms with Gasteiger partial charge in [0.1, 0.15) is 6.04 Å². The normalized spacial score (nSPS) is 12.9. The van der Waals surface area contributed by atoms with Crippen molar-refractivity contribution < 1.29 is 9.90 Å². The van der Waals surface area contributed by atoms with E-state index >= 15 is 0 Å². The van der Waals surface area contributed by atoms with Crippen LogP contribution in [0.2, 0.25) is 0 Å². The molecule has 1 unspecified atom stereocenters. The van der Waals surface area contributed by atoms with E-state index in [0.717, 1.165) is 14.2 Å². The predicted molar refractivity (Wildman–Crippen MR) is 56.1 cm³/mol. The van der Waals surface area contributed by atoms with Gasteiger partial charge in [0, 0.05) is 19.8 Å². The largest absolute Gasteiger partial charge is 0.480 e. The first-order valence-electron chi connectivity index (χ1n) is 3.69. The highest BCUT2D eigenvalue weighted by Crippen LogP contribution is 2.35. The number of carbonyl (C=O) groups is 1. The van der Waals surface area contributed by atoms with Crippen molar-refractivity contribution in [3.63, 3.8) is 0 Å². The van der Waals surface area contributed by atoms with E-state index in [1.807, 2.05) is 13.8 Å². The van der Waals surface area contributed by atoms with Gasteiger partial charge in [-0.15, -0.1) is 11.3 Å². The molecule has 0 aliphatic rings. The van der Waals surface area contributed by atoms with Gasteiger partial charge in [-0.05, 0) is 29.8 Å².